The second-order valence-electron chi connectivity index (χ2n) is 7.49. The Morgan fingerprint density at radius 3 is 2.48 bits per heavy atom. The highest BCUT2D eigenvalue weighted by atomic mass is 32.2. The zero-order valence-electron chi connectivity index (χ0n) is 13.7. The number of piperidine rings is 1. The van der Waals surface area contributed by atoms with Crippen LogP contribution in [0.2, 0.25) is 0 Å². The lowest BCUT2D eigenvalue weighted by Crippen LogP contribution is -2.50. The van der Waals surface area contributed by atoms with Crippen LogP contribution in [0.25, 0.3) is 0 Å². The Morgan fingerprint density at radius 1 is 1.19 bits per heavy atom. The van der Waals surface area contributed by atoms with Gasteiger partial charge in [-0.05, 0) is 63.5 Å². The van der Waals surface area contributed by atoms with Gasteiger partial charge in [-0.3, -0.25) is 0 Å². The number of rotatable bonds is 5. The first-order chi connectivity index (χ1) is 9.82. The van der Waals surface area contributed by atoms with Crippen molar-refractivity contribution in [3.8, 4) is 0 Å². The van der Waals surface area contributed by atoms with Crippen LogP contribution in [0.3, 0.4) is 0 Å². The van der Waals surface area contributed by atoms with Crippen LogP contribution in [0.5, 0.6) is 0 Å². The highest BCUT2D eigenvalue weighted by Crippen LogP contribution is 2.35. The van der Waals surface area contributed by atoms with Crippen LogP contribution in [-0.4, -0.2) is 45.4 Å². The molecule has 5 nitrogen and oxygen atoms in total. The summed E-state index contributed by atoms with van der Waals surface area (Å²) in [6.45, 7) is 6.74. The Hall–Kier alpha value is -0.170. The third-order valence-electron chi connectivity index (χ3n) is 4.97. The van der Waals surface area contributed by atoms with Crippen molar-refractivity contribution >= 4 is 10.2 Å². The highest BCUT2D eigenvalue weighted by Gasteiger charge is 2.33. The summed E-state index contributed by atoms with van der Waals surface area (Å²) in [7, 11) is -1.39. The summed E-state index contributed by atoms with van der Waals surface area (Å²) in [6, 6.07) is 0.118. The predicted molar refractivity (Wildman–Crippen MR) is 86.3 cm³/mol. The molecule has 6 heteroatoms. The second kappa shape index (κ2) is 6.94. The van der Waals surface area contributed by atoms with Crippen LogP contribution in [0.1, 0.15) is 52.4 Å². The largest absolute Gasteiger partial charge is 0.319 e. The Bertz CT molecular complexity index is 424. The third kappa shape index (κ3) is 4.91. The van der Waals surface area contributed by atoms with Gasteiger partial charge < -0.3 is 5.32 Å². The van der Waals surface area contributed by atoms with Gasteiger partial charge in [0.1, 0.15) is 0 Å². The van der Waals surface area contributed by atoms with Crippen LogP contribution in [0, 0.1) is 11.3 Å². The van der Waals surface area contributed by atoms with E-state index in [0.29, 0.717) is 24.4 Å². The van der Waals surface area contributed by atoms with Gasteiger partial charge in [-0.1, -0.05) is 13.8 Å². The maximum Gasteiger partial charge on any atom is 0.279 e. The summed E-state index contributed by atoms with van der Waals surface area (Å²) in [5.74, 6) is 0.436. The molecule has 1 unspecified atom stereocenters. The van der Waals surface area contributed by atoms with Crippen LogP contribution in [-0.2, 0) is 10.2 Å². The topological polar surface area (TPSA) is 61.4 Å². The molecule has 0 bridgehead atoms. The van der Waals surface area contributed by atoms with E-state index in [9.17, 15) is 8.42 Å². The molecule has 0 aromatic carbocycles. The van der Waals surface area contributed by atoms with Crippen molar-refractivity contribution < 1.29 is 8.42 Å². The fraction of sp³-hybridized carbons (Fsp3) is 1.00. The lowest BCUT2D eigenvalue weighted by atomic mass is 9.76. The molecule has 2 fully saturated rings. The number of hydrogen-bond acceptors (Lipinski definition) is 3. The molecule has 0 aromatic heterocycles. The Kier molecular flexibility index (Phi) is 5.68. The van der Waals surface area contributed by atoms with Gasteiger partial charge in [-0.15, -0.1) is 0 Å². The van der Waals surface area contributed by atoms with E-state index in [2.05, 4.69) is 23.9 Å². The van der Waals surface area contributed by atoms with E-state index in [1.54, 1.807) is 4.31 Å². The third-order valence-corrected chi connectivity index (χ3v) is 6.61. The van der Waals surface area contributed by atoms with Gasteiger partial charge in [-0.25, -0.2) is 0 Å². The molecule has 2 N–H and O–H groups in total. The summed E-state index contributed by atoms with van der Waals surface area (Å²) in [4.78, 5) is 0. The van der Waals surface area contributed by atoms with Crippen molar-refractivity contribution in [1.29, 1.82) is 0 Å². The van der Waals surface area contributed by atoms with Crippen molar-refractivity contribution in [3.05, 3.63) is 0 Å². The molecule has 124 valence electrons. The lowest BCUT2D eigenvalue weighted by Gasteiger charge is -2.37. The SMILES string of the molecule is CNCC1CCCN(S(=O)(=O)NC2CCC(C)(C)CC2)C1. The molecular formula is C15H31N3O2S. The molecule has 1 aliphatic carbocycles. The van der Waals surface area contributed by atoms with Gasteiger partial charge in [0.05, 0.1) is 0 Å². The van der Waals surface area contributed by atoms with Crippen molar-refractivity contribution in [1.82, 2.24) is 14.3 Å². The van der Waals surface area contributed by atoms with E-state index in [0.717, 1.165) is 45.1 Å². The van der Waals surface area contributed by atoms with Gasteiger partial charge in [0, 0.05) is 19.1 Å². The first-order valence-corrected chi connectivity index (χ1v) is 9.68. The normalized spacial score (nSPS) is 28.6. The smallest absolute Gasteiger partial charge is 0.279 e. The van der Waals surface area contributed by atoms with E-state index >= 15 is 0 Å². The molecule has 1 aliphatic heterocycles. The summed E-state index contributed by atoms with van der Waals surface area (Å²) >= 11 is 0. The molecule has 0 amide bonds. The van der Waals surface area contributed by atoms with Gasteiger partial charge in [0.15, 0.2) is 0 Å². The van der Waals surface area contributed by atoms with Crippen molar-refractivity contribution in [2.24, 2.45) is 11.3 Å². The lowest BCUT2D eigenvalue weighted by molar-refractivity contribution is 0.213. The first kappa shape index (κ1) is 17.2. The molecule has 1 heterocycles. The fourth-order valence-electron chi connectivity index (χ4n) is 3.50. The van der Waals surface area contributed by atoms with E-state index in [1.807, 2.05) is 7.05 Å². The van der Waals surface area contributed by atoms with Crippen molar-refractivity contribution in [2.45, 2.75) is 58.4 Å². The molecule has 2 aliphatic rings. The van der Waals surface area contributed by atoms with E-state index in [4.69, 9.17) is 0 Å². The summed E-state index contributed by atoms with van der Waals surface area (Å²) in [5.41, 5.74) is 0.366. The first-order valence-electron chi connectivity index (χ1n) is 8.24. The molecule has 21 heavy (non-hydrogen) atoms. The standard InChI is InChI=1S/C15H31N3O2S/c1-15(2)8-6-14(7-9-15)17-21(19,20)18-10-4-5-13(12-18)11-16-3/h13-14,16-17H,4-12H2,1-3H3. The monoisotopic (exact) mass is 317 g/mol. The summed E-state index contributed by atoms with van der Waals surface area (Å²) < 4.78 is 29.7. The van der Waals surface area contributed by atoms with Crippen LogP contribution in [0.4, 0.5) is 0 Å². The zero-order valence-corrected chi connectivity index (χ0v) is 14.5. The van der Waals surface area contributed by atoms with E-state index in [1.165, 1.54) is 0 Å². The fourth-order valence-corrected chi connectivity index (χ4v) is 5.09. The van der Waals surface area contributed by atoms with Crippen LogP contribution < -0.4 is 10.0 Å². The maximum absolute atomic E-state index is 12.6. The van der Waals surface area contributed by atoms with Crippen molar-refractivity contribution in [3.63, 3.8) is 0 Å². The summed E-state index contributed by atoms with van der Waals surface area (Å²) in [6.07, 6.45) is 6.20. The van der Waals surface area contributed by atoms with Crippen LogP contribution in [0.15, 0.2) is 0 Å². The van der Waals surface area contributed by atoms with E-state index < -0.39 is 10.2 Å². The number of nitrogens with zero attached hydrogens (tertiary/aromatic N) is 1. The summed E-state index contributed by atoms with van der Waals surface area (Å²) in [5, 5.41) is 3.16. The van der Waals surface area contributed by atoms with Crippen LogP contribution >= 0.6 is 0 Å². The predicted octanol–water partition coefficient (Wildman–Crippen LogP) is 1.72. The molecule has 2 rings (SSSR count). The Morgan fingerprint density at radius 2 is 1.86 bits per heavy atom. The highest BCUT2D eigenvalue weighted by molar-refractivity contribution is 7.87. The average Bonchev–Trinajstić information content (AvgIpc) is 2.42. The van der Waals surface area contributed by atoms with Gasteiger partial charge in [-0.2, -0.15) is 17.4 Å². The maximum atomic E-state index is 12.6. The van der Waals surface area contributed by atoms with Gasteiger partial charge in [0.25, 0.3) is 10.2 Å². The van der Waals surface area contributed by atoms with Gasteiger partial charge >= 0.3 is 0 Å². The minimum atomic E-state index is -3.32. The number of hydrogen-bond donors (Lipinski definition) is 2. The molecule has 1 atom stereocenters. The molecule has 0 radical (unpaired) electrons. The minimum absolute atomic E-state index is 0.118. The molecule has 1 saturated carbocycles. The van der Waals surface area contributed by atoms with Crippen molar-refractivity contribution in [2.75, 3.05) is 26.7 Å². The number of nitrogens with one attached hydrogen (secondary N) is 2. The van der Waals surface area contributed by atoms with E-state index in [-0.39, 0.29) is 6.04 Å². The minimum Gasteiger partial charge on any atom is -0.319 e. The van der Waals surface area contributed by atoms with Gasteiger partial charge in [0.2, 0.25) is 0 Å². The quantitative estimate of drug-likeness (QED) is 0.811. The molecule has 0 spiro atoms. The molecular weight excluding hydrogens is 286 g/mol. The average molecular weight is 317 g/mol. The Balaban J connectivity index is 1.89. The molecule has 0 aromatic rings. The molecule has 1 saturated heterocycles. The second-order valence-corrected chi connectivity index (χ2v) is 9.19. The Labute approximate surface area is 130 Å². The zero-order chi connectivity index (χ0) is 15.5.